The Hall–Kier alpha value is -3.07. The molecule has 9 heteroatoms. The molecule has 0 spiro atoms. The van der Waals surface area contributed by atoms with Crippen LogP contribution in [0.5, 0.6) is 11.5 Å². The lowest BCUT2D eigenvalue weighted by molar-refractivity contribution is -0.118. The van der Waals surface area contributed by atoms with Gasteiger partial charge in [0.2, 0.25) is 10.0 Å². The van der Waals surface area contributed by atoms with Crippen molar-refractivity contribution in [2.45, 2.75) is 13.8 Å². The molecule has 150 valence electrons. The maximum atomic E-state index is 12.2. The second-order valence-electron chi connectivity index (χ2n) is 6.16. The number of sulfonamides is 1. The highest BCUT2D eigenvalue weighted by atomic mass is 32.2. The molecule has 0 bridgehead atoms. The molecule has 0 aliphatic rings. The lowest BCUT2D eigenvalue weighted by Gasteiger charge is -2.13. The maximum absolute atomic E-state index is 12.2. The minimum Gasteiger partial charge on any atom is -0.493 e. The first-order valence-corrected chi connectivity index (χ1v) is 10.2. The molecule has 2 N–H and O–H groups in total. The van der Waals surface area contributed by atoms with Crippen LogP contribution in [0.2, 0.25) is 0 Å². The molecule has 8 nitrogen and oxygen atoms in total. The highest BCUT2D eigenvalue weighted by Gasteiger charge is 2.12. The summed E-state index contributed by atoms with van der Waals surface area (Å²) in [7, 11) is -1.99. The van der Waals surface area contributed by atoms with E-state index in [-0.39, 0.29) is 12.4 Å². The van der Waals surface area contributed by atoms with Gasteiger partial charge < -0.3 is 14.8 Å². The molecule has 2 aromatic rings. The quantitative estimate of drug-likeness (QED) is 0.652. The summed E-state index contributed by atoms with van der Waals surface area (Å²) in [6.07, 6.45) is 1.05. The molecule has 2 rings (SSSR count). The van der Waals surface area contributed by atoms with Crippen LogP contribution in [-0.2, 0) is 14.8 Å². The minimum atomic E-state index is -3.43. The first-order chi connectivity index (χ1) is 13.1. The van der Waals surface area contributed by atoms with E-state index in [0.717, 1.165) is 11.8 Å². The van der Waals surface area contributed by atoms with Gasteiger partial charge in [-0.05, 0) is 49.7 Å². The smallest absolute Gasteiger partial charge is 0.262 e. The van der Waals surface area contributed by atoms with Gasteiger partial charge in [0.25, 0.3) is 5.91 Å². The topological polar surface area (TPSA) is 111 Å². The molecule has 0 saturated heterocycles. The number of aryl methyl sites for hydroxylation is 1. The summed E-state index contributed by atoms with van der Waals surface area (Å²) in [5.74, 6) is 0.119. The fourth-order valence-electron chi connectivity index (χ4n) is 2.36. The molecule has 0 aromatic heterocycles. The van der Waals surface area contributed by atoms with Gasteiger partial charge in [-0.25, -0.2) is 8.42 Å². The second kappa shape index (κ2) is 8.75. The number of ether oxygens (including phenoxy) is 2. The lowest BCUT2D eigenvalue weighted by Crippen LogP contribution is -2.20. The fourth-order valence-corrected chi connectivity index (χ4v) is 2.98. The third-order valence-corrected chi connectivity index (χ3v) is 4.34. The Balaban J connectivity index is 2.05. The predicted molar refractivity (Wildman–Crippen MR) is 107 cm³/mol. The van der Waals surface area contributed by atoms with Crippen molar-refractivity contribution in [3.63, 3.8) is 0 Å². The van der Waals surface area contributed by atoms with E-state index in [2.05, 4.69) is 10.0 Å². The van der Waals surface area contributed by atoms with Crippen molar-refractivity contribution in [1.29, 1.82) is 0 Å². The van der Waals surface area contributed by atoms with E-state index < -0.39 is 15.9 Å². The monoisotopic (exact) mass is 406 g/mol. The van der Waals surface area contributed by atoms with Crippen molar-refractivity contribution in [3.05, 3.63) is 47.5 Å². The van der Waals surface area contributed by atoms with Crippen LogP contribution in [0, 0.1) is 6.92 Å². The molecule has 0 atom stereocenters. The highest BCUT2D eigenvalue weighted by molar-refractivity contribution is 7.92. The van der Waals surface area contributed by atoms with Crippen LogP contribution in [-0.4, -0.2) is 40.1 Å². The number of rotatable bonds is 8. The minimum absolute atomic E-state index is 0.111. The number of anilines is 2. The fraction of sp³-hybridized carbons (Fsp3) is 0.263. The van der Waals surface area contributed by atoms with Gasteiger partial charge in [0, 0.05) is 11.3 Å². The molecule has 0 unspecified atom stereocenters. The van der Waals surface area contributed by atoms with E-state index in [1.54, 1.807) is 37.3 Å². The number of hydrogen-bond acceptors (Lipinski definition) is 6. The number of amides is 1. The molecule has 0 aliphatic carbocycles. The van der Waals surface area contributed by atoms with Crippen molar-refractivity contribution < 1.29 is 27.5 Å². The number of Topliss-reactive ketones (excluding diaryl/α,β-unsaturated/α-hetero) is 1. The predicted octanol–water partition coefficient (Wildman–Crippen LogP) is 2.60. The van der Waals surface area contributed by atoms with Gasteiger partial charge in [-0.3, -0.25) is 14.3 Å². The summed E-state index contributed by atoms with van der Waals surface area (Å²) >= 11 is 0. The molecule has 0 radical (unpaired) electrons. The zero-order valence-electron chi connectivity index (χ0n) is 16.0. The first-order valence-electron chi connectivity index (χ1n) is 8.29. The zero-order chi connectivity index (χ0) is 20.9. The van der Waals surface area contributed by atoms with Crippen LogP contribution in [0.1, 0.15) is 22.8 Å². The summed E-state index contributed by atoms with van der Waals surface area (Å²) in [6, 6.07) is 9.55. The van der Waals surface area contributed by atoms with Crippen LogP contribution in [0.15, 0.2) is 36.4 Å². The van der Waals surface area contributed by atoms with Gasteiger partial charge in [0.15, 0.2) is 23.9 Å². The molecule has 0 saturated carbocycles. The number of benzene rings is 2. The molecule has 0 fully saturated rings. The van der Waals surface area contributed by atoms with Gasteiger partial charge in [-0.15, -0.1) is 0 Å². The van der Waals surface area contributed by atoms with Crippen LogP contribution >= 0.6 is 0 Å². The highest BCUT2D eigenvalue weighted by Crippen LogP contribution is 2.28. The third kappa shape index (κ3) is 5.98. The van der Waals surface area contributed by atoms with E-state index in [9.17, 15) is 18.0 Å². The Labute approximate surface area is 163 Å². The largest absolute Gasteiger partial charge is 0.493 e. The Morgan fingerprint density at radius 1 is 1.07 bits per heavy atom. The van der Waals surface area contributed by atoms with Crippen LogP contribution in [0.4, 0.5) is 11.4 Å². The van der Waals surface area contributed by atoms with Gasteiger partial charge in [0.1, 0.15) is 0 Å². The number of ketones is 1. The molecular formula is C19H22N2O6S. The Bertz CT molecular complexity index is 1000. The molecule has 28 heavy (non-hydrogen) atoms. The molecule has 2 aromatic carbocycles. The number of carbonyl (C=O) groups excluding carboxylic acids is 2. The SMILES string of the molecule is COc1cc(C(C)=O)ccc1OCC(=O)Nc1ccc(C)c(NS(C)(=O)=O)c1. The van der Waals surface area contributed by atoms with E-state index >= 15 is 0 Å². The van der Waals surface area contributed by atoms with E-state index in [1.165, 1.54) is 20.1 Å². The Kier molecular flexibility index (Phi) is 6.63. The van der Waals surface area contributed by atoms with Gasteiger partial charge >= 0.3 is 0 Å². The van der Waals surface area contributed by atoms with Gasteiger partial charge in [-0.1, -0.05) is 6.07 Å². The average molecular weight is 406 g/mol. The first kappa shape index (κ1) is 21.2. The summed E-state index contributed by atoms with van der Waals surface area (Å²) < 4.78 is 35.9. The average Bonchev–Trinajstić information content (AvgIpc) is 2.61. The van der Waals surface area contributed by atoms with Crippen molar-refractivity contribution in [1.82, 2.24) is 0 Å². The summed E-state index contributed by atoms with van der Waals surface area (Å²) in [5.41, 5.74) is 1.99. The molecule has 0 aliphatic heterocycles. The van der Waals surface area contributed by atoms with Crippen molar-refractivity contribution in [3.8, 4) is 11.5 Å². The van der Waals surface area contributed by atoms with E-state index in [1.807, 2.05) is 0 Å². The van der Waals surface area contributed by atoms with E-state index in [4.69, 9.17) is 9.47 Å². The zero-order valence-corrected chi connectivity index (χ0v) is 16.8. The Morgan fingerprint density at radius 2 is 1.79 bits per heavy atom. The van der Waals surface area contributed by atoms with Gasteiger partial charge in [-0.2, -0.15) is 0 Å². The summed E-state index contributed by atoms with van der Waals surface area (Å²) in [4.78, 5) is 23.6. The molecular weight excluding hydrogens is 384 g/mol. The number of carbonyl (C=O) groups is 2. The van der Waals surface area contributed by atoms with Crippen molar-refractivity contribution >= 4 is 33.1 Å². The number of hydrogen-bond donors (Lipinski definition) is 2. The number of methoxy groups -OCH3 is 1. The molecule has 0 heterocycles. The summed E-state index contributed by atoms with van der Waals surface area (Å²) in [6.45, 7) is 2.90. The summed E-state index contributed by atoms with van der Waals surface area (Å²) in [5, 5.41) is 2.64. The maximum Gasteiger partial charge on any atom is 0.262 e. The molecule has 1 amide bonds. The third-order valence-electron chi connectivity index (χ3n) is 3.75. The van der Waals surface area contributed by atoms with Crippen LogP contribution in [0.3, 0.4) is 0 Å². The van der Waals surface area contributed by atoms with Crippen molar-refractivity contribution in [2.24, 2.45) is 0 Å². The van der Waals surface area contributed by atoms with Crippen LogP contribution < -0.4 is 19.5 Å². The van der Waals surface area contributed by atoms with E-state index in [0.29, 0.717) is 28.4 Å². The standard InChI is InChI=1S/C19H22N2O6S/c1-12-5-7-15(10-16(12)21-28(4,24)25)20-19(23)11-27-17-8-6-14(13(2)22)9-18(17)26-3/h5-10,21H,11H2,1-4H3,(H,20,23). The Morgan fingerprint density at radius 3 is 2.39 bits per heavy atom. The van der Waals surface area contributed by atoms with Crippen molar-refractivity contribution in [2.75, 3.05) is 30.0 Å². The lowest BCUT2D eigenvalue weighted by atomic mass is 10.1. The normalized spacial score (nSPS) is 10.9. The second-order valence-corrected chi connectivity index (χ2v) is 7.91. The van der Waals surface area contributed by atoms with Crippen LogP contribution in [0.25, 0.3) is 0 Å². The van der Waals surface area contributed by atoms with Gasteiger partial charge in [0.05, 0.1) is 19.1 Å². The number of nitrogens with one attached hydrogen (secondary N) is 2.